The van der Waals surface area contributed by atoms with Crippen molar-refractivity contribution in [3.05, 3.63) is 18.0 Å². The molecule has 0 saturated carbocycles. The van der Waals surface area contributed by atoms with E-state index < -0.39 is 0 Å². The van der Waals surface area contributed by atoms with Gasteiger partial charge >= 0.3 is 5.97 Å². The summed E-state index contributed by atoms with van der Waals surface area (Å²) in [6, 6.07) is 1.66. The third-order valence-corrected chi connectivity index (χ3v) is 2.03. The van der Waals surface area contributed by atoms with Gasteiger partial charge in [0.25, 0.3) is 0 Å². The van der Waals surface area contributed by atoms with Gasteiger partial charge in [0.15, 0.2) is 0 Å². The van der Waals surface area contributed by atoms with Gasteiger partial charge in [0.2, 0.25) is 0 Å². The first-order valence-electron chi connectivity index (χ1n) is 5.31. The van der Waals surface area contributed by atoms with E-state index in [0.717, 1.165) is 19.4 Å². The molecule has 0 amide bonds. The van der Waals surface area contributed by atoms with Crippen LogP contribution in [0.1, 0.15) is 37.2 Å². The number of nitrogens with two attached hydrogens (primary N) is 1. The first-order chi connectivity index (χ1) is 7.19. The maximum atomic E-state index is 11.6. The highest BCUT2D eigenvalue weighted by Gasteiger charge is 2.13. The Morgan fingerprint density at radius 1 is 1.47 bits per heavy atom. The van der Waals surface area contributed by atoms with Crippen molar-refractivity contribution in [1.29, 1.82) is 0 Å². The molecule has 0 fully saturated rings. The maximum Gasteiger partial charge on any atom is 0.355 e. The zero-order chi connectivity index (χ0) is 11.3. The molecular weight excluding hydrogens is 192 g/mol. The van der Waals surface area contributed by atoms with E-state index in [0.29, 0.717) is 18.0 Å². The highest BCUT2D eigenvalue weighted by Crippen LogP contribution is 2.12. The second-order valence-electron chi connectivity index (χ2n) is 3.49. The van der Waals surface area contributed by atoms with Gasteiger partial charge in [0, 0.05) is 12.7 Å². The fraction of sp³-hybridized carbons (Fsp3) is 0.545. The molecule has 0 aromatic carbocycles. The van der Waals surface area contributed by atoms with Crippen molar-refractivity contribution in [3.8, 4) is 0 Å². The van der Waals surface area contributed by atoms with Crippen LogP contribution in [0, 0.1) is 0 Å². The number of esters is 1. The number of carbonyl (C=O) groups is 1. The number of hydrogen-bond donors (Lipinski definition) is 1. The molecule has 15 heavy (non-hydrogen) atoms. The van der Waals surface area contributed by atoms with Gasteiger partial charge in [-0.05, 0) is 18.9 Å². The predicted octanol–water partition coefficient (Wildman–Crippen LogP) is 2.05. The summed E-state index contributed by atoms with van der Waals surface area (Å²) in [7, 11) is 0. The third-order valence-electron chi connectivity index (χ3n) is 2.03. The number of aromatic nitrogens is 1. The summed E-state index contributed by atoms with van der Waals surface area (Å²) in [6.45, 7) is 5.26. The van der Waals surface area contributed by atoms with Crippen molar-refractivity contribution in [2.75, 3.05) is 12.3 Å². The van der Waals surface area contributed by atoms with Crippen molar-refractivity contribution in [2.24, 2.45) is 0 Å². The van der Waals surface area contributed by atoms with Gasteiger partial charge in [-0.2, -0.15) is 0 Å². The van der Waals surface area contributed by atoms with Crippen LogP contribution in [0.2, 0.25) is 0 Å². The van der Waals surface area contributed by atoms with Gasteiger partial charge in [-0.1, -0.05) is 13.8 Å². The Labute approximate surface area is 90.0 Å². The highest BCUT2D eigenvalue weighted by molar-refractivity contribution is 5.89. The summed E-state index contributed by atoms with van der Waals surface area (Å²) in [5, 5.41) is 0. The second-order valence-corrected chi connectivity index (χ2v) is 3.49. The molecule has 84 valence electrons. The Balaban J connectivity index is 2.77. The number of carbonyl (C=O) groups excluding carboxylic acids is 1. The normalized spacial score (nSPS) is 10.3. The van der Waals surface area contributed by atoms with Crippen molar-refractivity contribution in [3.63, 3.8) is 0 Å². The van der Waals surface area contributed by atoms with Crippen molar-refractivity contribution < 1.29 is 9.53 Å². The molecule has 1 rings (SSSR count). The van der Waals surface area contributed by atoms with Gasteiger partial charge in [-0.15, -0.1) is 0 Å². The summed E-state index contributed by atoms with van der Waals surface area (Å²) in [4.78, 5) is 11.6. The number of ether oxygens (including phenoxy) is 1. The molecule has 4 heteroatoms. The Kier molecular flexibility index (Phi) is 4.21. The number of hydrogen-bond acceptors (Lipinski definition) is 3. The lowest BCUT2D eigenvalue weighted by molar-refractivity contribution is 0.0492. The standard InChI is InChI=1S/C11H18N2O2/c1-3-5-13-8-9(12)7-10(13)11(14)15-6-4-2/h7-8H,3-6,12H2,1-2H3. The van der Waals surface area contributed by atoms with Crippen LogP contribution < -0.4 is 5.73 Å². The van der Waals surface area contributed by atoms with Gasteiger partial charge < -0.3 is 15.0 Å². The molecule has 0 radical (unpaired) electrons. The Morgan fingerprint density at radius 2 is 2.20 bits per heavy atom. The molecule has 0 atom stereocenters. The molecule has 1 aromatic rings. The molecule has 4 nitrogen and oxygen atoms in total. The van der Waals surface area contributed by atoms with Crippen LogP contribution in [0.15, 0.2) is 12.3 Å². The van der Waals surface area contributed by atoms with Crippen LogP contribution in [0.4, 0.5) is 5.69 Å². The van der Waals surface area contributed by atoms with E-state index in [2.05, 4.69) is 6.92 Å². The lowest BCUT2D eigenvalue weighted by Crippen LogP contribution is -2.12. The van der Waals surface area contributed by atoms with Gasteiger partial charge in [-0.3, -0.25) is 0 Å². The molecule has 0 unspecified atom stereocenters. The minimum atomic E-state index is -0.290. The van der Waals surface area contributed by atoms with E-state index in [9.17, 15) is 4.79 Å². The third kappa shape index (κ3) is 3.01. The minimum absolute atomic E-state index is 0.290. The van der Waals surface area contributed by atoms with Crippen LogP contribution >= 0.6 is 0 Å². The van der Waals surface area contributed by atoms with Gasteiger partial charge in [0.1, 0.15) is 5.69 Å². The molecule has 0 bridgehead atoms. The summed E-state index contributed by atoms with van der Waals surface area (Å²) in [5.41, 5.74) is 6.80. The van der Waals surface area contributed by atoms with Crippen LogP contribution in [0.5, 0.6) is 0 Å². The minimum Gasteiger partial charge on any atom is -0.461 e. The molecule has 0 aliphatic carbocycles. The quantitative estimate of drug-likeness (QED) is 0.757. The van der Waals surface area contributed by atoms with E-state index >= 15 is 0 Å². The van der Waals surface area contributed by atoms with Gasteiger partial charge in [0.05, 0.1) is 12.3 Å². The first kappa shape index (κ1) is 11.6. The SMILES string of the molecule is CCCOC(=O)c1cc(N)cn1CCC. The van der Waals surface area contributed by atoms with E-state index in [1.165, 1.54) is 0 Å². The Hall–Kier alpha value is -1.45. The number of anilines is 1. The number of aryl methyl sites for hydroxylation is 1. The summed E-state index contributed by atoms with van der Waals surface area (Å²) >= 11 is 0. The highest BCUT2D eigenvalue weighted by atomic mass is 16.5. The smallest absolute Gasteiger partial charge is 0.355 e. The zero-order valence-electron chi connectivity index (χ0n) is 9.32. The van der Waals surface area contributed by atoms with Crippen molar-refractivity contribution >= 4 is 11.7 Å². The van der Waals surface area contributed by atoms with Crippen molar-refractivity contribution in [1.82, 2.24) is 4.57 Å². The largest absolute Gasteiger partial charge is 0.461 e. The fourth-order valence-electron chi connectivity index (χ4n) is 1.40. The number of rotatable bonds is 5. The van der Waals surface area contributed by atoms with E-state index in [-0.39, 0.29) is 5.97 Å². The van der Waals surface area contributed by atoms with Crippen LogP contribution in [-0.2, 0) is 11.3 Å². The fourth-order valence-corrected chi connectivity index (χ4v) is 1.40. The van der Waals surface area contributed by atoms with Crippen molar-refractivity contribution in [2.45, 2.75) is 33.2 Å². The Morgan fingerprint density at radius 3 is 2.80 bits per heavy atom. The first-order valence-corrected chi connectivity index (χ1v) is 5.31. The second kappa shape index (κ2) is 5.44. The van der Waals surface area contributed by atoms with Crippen LogP contribution in [0.3, 0.4) is 0 Å². The molecule has 2 N–H and O–H groups in total. The molecule has 1 heterocycles. The van der Waals surface area contributed by atoms with E-state index in [1.807, 2.05) is 11.5 Å². The average molecular weight is 210 g/mol. The van der Waals surface area contributed by atoms with Gasteiger partial charge in [-0.25, -0.2) is 4.79 Å². The maximum absolute atomic E-state index is 11.6. The summed E-state index contributed by atoms with van der Waals surface area (Å²) in [5.74, 6) is -0.290. The molecule has 0 aliphatic heterocycles. The summed E-state index contributed by atoms with van der Waals surface area (Å²) in [6.07, 6.45) is 3.56. The number of nitrogen functional groups attached to an aromatic ring is 1. The monoisotopic (exact) mass is 210 g/mol. The molecule has 0 saturated heterocycles. The molecule has 0 spiro atoms. The predicted molar refractivity (Wildman–Crippen MR) is 59.7 cm³/mol. The lowest BCUT2D eigenvalue weighted by atomic mass is 10.4. The summed E-state index contributed by atoms with van der Waals surface area (Å²) < 4.78 is 6.90. The molecular formula is C11H18N2O2. The Bertz CT molecular complexity index is 331. The number of nitrogens with zero attached hydrogens (tertiary/aromatic N) is 1. The lowest BCUT2D eigenvalue weighted by Gasteiger charge is -2.06. The zero-order valence-corrected chi connectivity index (χ0v) is 9.32. The van der Waals surface area contributed by atoms with Crippen LogP contribution in [0.25, 0.3) is 0 Å². The van der Waals surface area contributed by atoms with E-state index in [4.69, 9.17) is 10.5 Å². The topological polar surface area (TPSA) is 57.2 Å². The molecule has 0 aliphatic rings. The molecule has 1 aromatic heterocycles. The van der Waals surface area contributed by atoms with E-state index in [1.54, 1.807) is 12.3 Å². The van der Waals surface area contributed by atoms with Crippen LogP contribution in [-0.4, -0.2) is 17.1 Å². The average Bonchev–Trinajstić information content (AvgIpc) is 2.57.